The van der Waals surface area contributed by atoms with E-state index in [0.717, 1.165) is 18.9 Å². The molecule has 7 heteroatoms. The van der Waals surface area contributed by atoms with Crippen LogP contribution in [0, 0.1) is 11.3 Å². The molecular formula is C17H31N3O2S2. The summed E-state index contributed by atoms with van der Waals surface area (Å²) in [5.74, 6) is 1.49. The monoisotopic (exact) mass is 373 g/mol. The molecule has 1 aromatic heterocycles. The van der Waals surface area contributed by atoms with Gasteiger partial charge in [0.25, 0.3) is 0 Å². The summed E-state index contributed by atoms with van der Waals surface area (Å²) < 4.78 is 22.6. The van der Waals surface area contributed by atoms with Crippen molar-refractivity contribution in [1.29, 1.82) is 0 Å². The number of hydrogen-bond acceptors (Lipinski definition) is 4. The molecule has 0 spiro atoms. The quantitative estimate of drug-likeness (QED) is 0.515. The van der Waals surface area contributed by atoms with Gasteiger partial charge in [0.15, 0.2) is 5.96 Å². The smallest absolute Gasteiger partial charge is 0.191 e. The first-order chi connectivity index (χ1) is 11.1. The summed E-state index contributed by atoms with van der Waals surface area (Å²) in [4.78, 5) is 5.65. The molecule has 1 rings (SSSR count). The van der Waals surface area contributed by atoms with E-state index in [4.69, 9.17) is 0 Å². The number of nitrogens with one attached hydrogen (secondary N) is 2. The summed E-state index contributed by atoms with van der Waals surface area (Å²) in [5, 5.41) is 8.76. The first-order valence-corrected chi connectivity index (χ1v) is 11.2. The van der Waals surface area contributed by atoms with Crippen molar-refractivity contribution in [1.82, 2.24) is 10.6 Å². The van der Waals surface area contributed by atoms with Gasteiger partial charge in [-0.05, 0) is 35.6 Å². The zero-order valence-electron chi connectivity index (χ0n) is 15.4. The second-order valence-corrected chi connectivity index (χ2v) is 10.5. The first-order valence-electron chi connectivity index (χ1n) is 8.26. The van der Waals surface area contributed by atoms with E-state index in [2.05, 4.69) is 53.9 Å². The molecule has 138 valence electrons. The van der Waals surface area contributed by atoms with Gasteiger partial charge in [-0.1, -0.05) is 26.8 Å². The summed E-state index contributed by atoms with van der Waals surface area (Å²) >= 11 is 1.79. The second kappa shape index (κ2) is 9.42. The Morgan fingerprint density at radius 2 is 2.08 bits per heavy atom. The molecule has 0 bridgehead atoms. The number of rotatable bonds is 9. The molecule has 1 heterocycles. The van der Waals surface area contributed by atoms with E-state index in [1.165, 1.54) is 11.1 Å². The standard InChI is InChI=1S/C17H31N3O2S2/c1-14(11-15-7-6-9-23-15)12-19-16(18-4)20-13-17(2,3)8-10-24(5,21)22/h6-7,9,14H,8,10-13H2,1-5H3,(H2,18,19,20). The summed E-state index contributed by atoms with van der Waals surface area (Å²) in [5.41, 5.74) is -0.108. The third-order valence-electron chi connectivity index (χ3n) is 3.86. The number of sulfone groups is 1. The molecular weight excluding hydrogens is 342 g/mol. The normalized spacial score (nSPS) is 14.5. The molecule has 24 heavy (non-hydrogen) atoms. The van der Waals surface area contributed by atoms with Crippen molar-refractivity contribution < 1.29 is 8.42 Å². The van der Waals surface area contributed by atoms with Crippen molar-refractivity contribution >= 4 is 27.1 Å². The minimum absolute atomic E-state index is 0.108. The Bertz CT molecular complexity index is 608. The van der Waals surface area contributed by atoms with Crippen molar-refractivity contribution in [3.63, 3.8) is 0 Å². The predicted molar refractivity (Wildman–Crippen MR) is 105 cm³/mol. The Kier molecular flexibility index (Phi) is 8.22. The van der Waals surface area contributed by atoms with Crippen LogP contribution in [0.1, 0.15) is 32.1 Å². The molecule has 0 fully saturated rings. The van der Waals surface area contributed by atoms with Crippen LogP contribution < -0.4 is 10.6 Å². The van der Waals surface area contributed by atoms with E-state index < -0.39 is 9.84 Å². The van der Waals surface area contributed by atoms with Crippen molar-refractivity contribution in [2.24, 2.45) is 16.3 Å². The van der Waals surface area contributed by atoms with Crippen LogP contribution in [0.15, 0.2) is 22.5 Å². The maximum absolute atomic E-state index is 11.3. The van der Waals surface area contributed by atoms with Crippen LogP contribution in [0.25, 0.3) is 0 Å². The van der Waals surface area contributed by atoms with Crippen LogP contribution in [0.4, 0.5) is 0 Å². The Labute approximate surface area is 150 Å². The highest BCUT2D eigenvalue weighted by atomic mass is 32.2. The largest absolute Gasteiger partial charge is 0.356 e. The summed E-state index contributed by atoms with van der Waals surface area (Å²) in [6.07, 6.45) is 2.97. The number of thiophene rings is 1. The van der Waals surface area contributed by atoms with E-state index in [9.17, 15) is 8.42 Å². The molecule has 0 amide bonds. The number of guanidine groups is 1. The van der Waals surface area contributed by atoms with Gasteiger partial charge >= 0.3 is 0 Å². The van der Waals surface area contributed by atoms with E-state index in [1.807, 2.05) is 0 Å². The molecule has 0 aromatic carbocycles. The average molecular weight is 374 g/mol. The number of hydrogen-bond donors (Lipinski definition) is 2. The van der Waals surface area contributed by atoms with Gasteiger partial charge in [0.2, 0.25) is 0 Å². The van der Waals surface area contributed by atoms with Gasteiger partial charge in [0.05, 0.1) is 5.75 Å². The number of aliphatic imine (C=N–C) groups is 1. The Balaban J connectivity index is 2.36. The number of nitrogens with zero attached hydrogens (tertiary/aromatic N) is 1. The van der Waals surface area contributed by atoms with Crippen LogP contribution in [-0.2, 0) is 16.3 Å². The van der Waals surface area contributed by atoms with Crippen molar-refractivity contribution in [2.45, 2.75) is 33.6 Å². The first kappa shape index (κ1) is 21.0. The van der Waals surface area contributed by atoms with Crippen LogP contribution in [0.3, 0.4) is 0 Å². The fourth-order valence-corrected chi connectivity index (χ4v) is 4.00. The molecule has 0 saturated carbocycles. The highest BCUT2D eigenvalue weighted by molar-refractivity contribution is 7.90. The maximum atomic E-state index is 11.3. The topological polar surface area (TPSA) is 70.6 Å². The lowest BCUT2D eigenvalue weighted by Crippen LogP contribution is -2.43. The Morgan fingerprint density at radius 3 is 2.62 bits per heavy atom. The molecule has 1 aromatic rings. The third kappa shape index (κ3) is 9.27. The molecule has 0 aliphatic carbocycles. The Morgan fingerprint density at radius 1 is 1.38 bits per heavy atom. The molecule has 1 atom stereocenters. The molecule has 0 radical (unpaired) electrons. The summed E-state index contributed by atoms with van der Waals surface area (Å²) in [6, 6.07) is 4.25. The van der Waals surface area contributed by atoms with E-state index in [0.29, 0.717) is 18.9 Å². The van der Waals surface area contributed by atoms with Crippen LogP contribution >= 0.6 is 11.3 Å². The SMILES string of the molecule is CN=C(NCC(C)Cc1cccs1)NCC(C)(C)CCS(C)(=O)=O. The van der Waals surface area contributed by atoms with Gasteiger partial charge in [-0.3, -0.25) is 4.99 Å². The summed E-state index contributed by atoms with van der Waals surface area (Å²) in [6.45, 7) is 7.88. The van der Waals surface area contributed by atoms with Crippen molar-refractivity contribution in [3.05, 3.63) is 22.4 Å². The van der Waals surface area contributed by atoms with Crippen LogP contribution in [0.5, 0.6) is 0 Å². The highest BCUT2D eigenvalue weighted by Crippen LogP contribution is 2.19. The van der Waals surface area contributed by atoms with Crippen molar-refractivity contribution in [2.75, 3.05) is 32.1 Å². The molecule has 0 saturated heterocycles. The van der Waals surface area contributed by atoms with E-state index >= 15 is 0 Å². The van der Waals surface area contributed by atoms with E-state index in [-0.39, 0.29) is 11.2 Å². The van der Waals surface area contributed by atoms with Crippen molar-refractivity contribution in [3.8, 4) is 0 Å². The maximum Gasteiger partial charge on any atom is 0.191 e. The average Bonchev–Trinajstić information content (AvgIpc) is 2.97. The summed E-state index contributed by atoms with van der Waals surface area (Å²) in [7, 11) is -1.17. The zero-order valence-corrected chi connectivity index (χ0v) is 17.1. The van der Waals surface area contributed by atoms with Crippen LogP contribution in [0.2, 0.25) is 0 Å². The van der Waals surface area contributed by atoms with E-state index in [1.54, 1.807) is 18.4 Å². The van der Waals surface area contributed by atoms with Gasteiger partial charge in [-0.2, -0.15) is 0 Å². The lowest BCUT2D eigenvalue weighted by atomic mass is 9.90. The van der Waals surface area contributed by atoms with Crippen LogP contribution in [-0.4, -0.2) is 46.5 Å². The molecule has 5 nitrogen and oxygen atoms in total. The van der Waals surface area contributed by atoms with Gasteiger partial charge in [-0.25, -0.2) is 8.42 Å². The zero-order chi connectivity index (χ0) is 18.2. The minimum Gasteiger partial charge on any atom is -0.356 e. The van der Waals surface area contributed by atoms with Gasteiger partial charge < -0.3 is 10.6 Å². The van der Waals surface area contributed by atoms with Gasteiger partial charge in [-0.15, -0.1) is 11.3 Å². The fraction of sp³-hybridized carbons (Fsp3) is 0.706. The molecule has 1 unspecified atom stereocenters. The lowest BCUT2D eigenvalue weighted by Gasteiger charge is -2.26. The fourth-order valence-electron chi connectivity index (χ4n) is 2.21. The Hall–Kier alpha value is -1.08. The molecule has 2 N–H and O–H groups in total. The van der Waals surface area contributed by atoms with Gasteiger partial charge in [0, 0.05) is 31.3 Å². The third-order valence-corrected chi connectivity index (χ3v) is 5.70. The molecule has 0 aliphatic rings. The second-order valence-electron chi connectivity index (χ2n) is 7.24. The predicted octanol–water partition coefficient (Wildman–Crippen LogP) is 2.55. The molecule has 0 aliphatic heterocycles. The minimum atomic E-state index is -2.92. The van der Waals surface area contributed by atoms with Gasteiger partial charge in [0.1, 0.15) is 9.84 Å². The lowest BCUT2D eigenvalue weighted by molar-refractivity contribution is 0.348. The highest BCUT2D eigenvalue weighted by Gasteiger charge is 2.20.